The van der Waals surface area contributed by atoms with Gasteiger partial charge in [0.05, 0.1) is 23.8 Å². The maximum absolute atomic E-state index is 12.3. The number of carbonyl (C=O) groups excluding carboxylic acids is 1. The molecular weight excluding hydrogens is 270 g/mol. The van der Waals surface area contributed by atoms with Gasteiger partial charge in [0.1, 0.15) is 0 Å². The Kier molecular flexibility index (Phi) is 3.50. The van der Waals surface area contributed by atoms with E-state index in [2.05, 4.69) is 24.9 Å². The average molecular weight is 289 g/mol. The summed E-state index contributed by atoms with van der Waals surface area (Å²) < 4.78 is 7.07. The summed E-state index contributed by atoms with van der Waals surface area (Å²) >= 11 is 0. The number of nitrogens with zero attached hydrogens (tertiary/aromatic N) is 4. The van der Waals surface area contributed by atoms with Crippen molar-refractivity contribution in [3.05, 3.63) is 29.5 Å². The number of carbonyl (C=O) groups is 1. The van der Waals surface area contributed by atoms with Crippen LogP contribution < -0.4 is 5.32 Å². The van der Waals surface area contributed by atoms with Crippen LogP contribution in [0.2, 0.25) is 0 Å². The third-order valence-electron chi connectivity index (χ3n) is 3.94. The number of hydrogen-bond acceptors (Lipinski definition) is 5. The van der Waals surface area contributed by atoms with Crippen LogP contribution in [0, 0.1) is 6.92 Å². The van der Waals surface area contributed by atoms with Crippen LogP contribution in [0.4, 0.5) is 5.88 Å². The molecule has 3 rings (SSSR count). The van der Waals surface area contributed by atoms with Gasteiger partial charge in [-0.15, -0.1) is 0 Å². The molecule has 0 unspecified atom stereocenters. The van der Waals surface area contributed by atoms with Crippen molar-refractivity contribution in [3.63, 3.8) is 0 Å². The molecule has 0 saturated heterocycles. The van der Waals surface area contributed by atoms with Crippen LogP contribution in [0.15, 0.2) is 16.9 Å². The van der Waals surface area contributed by atoms with Gasteiger partial charge in [-0.1, -0.05) is 5.16 Å². The summed E-state index contributed by atoms with van der Waals surface area (Å²) in [6.45, 7) is 5.25. The van der Waals surface area contributed by atoms with Gasteiger partial charge in [0, 0.05) is 38.3 Å². The number of rotatable bonds is 3. The average Bonchev–Trinajstić information content (AvgIpc) is 3.04. The van der Waals surface area contributed by atoms with E-state index in [0.717, 1.165) is 24.4 Å². The summed E-state index contributed by atoms with van der Waals surface area (Å²) in [6.07, 6.45) is 2.74. The van der Waals surface area contributed by atoms with Crippen molar-refractivity contribution < 1.29 is 9.32 Å². The number of nitrogens with one attached hydrogen (secondary N) is 1. The van der Waals surface area contributed by atoms with E-state index < -0.39 is 0 Å². The molecule has 1 aliphatic heterocycles. The van der Waals surface area contributed by atoms with Crippen molar-refractivity contribution in [1.29, 1.82) is 0 Å². The lowest BCUT2D eigenvalue weighted by Crippen LogP contribution is -2.44. The van der Waals surface area contributed by atoms with Crippen LogP contribution in [-0.4, -0.2) is 38.1 Å². The summed E-state index contributed by atoms with van der Waals surface area (Å²) in [4.78, 5) is 18.8. The summed E-state index contributed by atoms with van der Waals surface area (Å²) in [5, 5.41) is 6.51. The standard InChI is InChI=1S/C14H19N5O2/c1-9-6-13(21-17-9)16-14(20)10(2)19-5-4-12-11(7-19)15-8-18(12)3/h6,8,10H,4-5,7H2,1-3H3,(H,16,20)/t10-/m0/s1. The highest BCUT2D eigenvalue weighted by atomic mass is 16.5. The predicted molar refractivity (Wildman–Crippen MR) is 76.7 cm³/mol. The van der Waals surface area contributed by atoms with E-state index in [1.54, 1.807) is 6.07 Å². The predicted octanol–water partition coefficient (Wildman–Crippen LogP) is 1.10. The largest absolute Gasteiger partial charge is 0.338 e. The Bertz CT molecular complexity index is 660. The molecule has 3 heterocycles. The van der Waals surface area contributed by atoms with Crippen molar-refractivity contribution in [3.8, 4) is 0 Å². The SMILES string of the molecule is Cc1cc(NC(=O)[C@H](C)N2CCc3c(ncn3C)C2)on1. The molecule has 0 fully saturated rings. The Morgan fingerprint density at radius 2 is 2.33 bits per heavy atom. The van der Waals surface area contributed by atoms with E-state index in [-0.39, 0.29) is 11.9 Å². The Morgan fingerprint density at radius 1 is 1.52 bits per heavy atom. The number of aryl methyl sites for hydroxylation is 2. The van der Waals surface area contributed by atoms with E-state index in [0.29, 0.717) is 12.4 Å². The van der Waals surface area contributed by atoms with Crippen molar-refractivity contribution in [2.75, 3.05) is 11.9 Å². The molecule has 0 saturated carbocycles. The minimum atomic E-state index is -0.245. The van der Waals surface area contributed by atoms with Crippen LogP contribution in [0.1, 0.15) is 24.0 Å². The second-order valence-electron chi connectivity index (χ2n) is 5.47. The van der Waals surface area contributed by atoms with Crippen molar-refractivity contribution in [2.45, 2.75) is 32.9 Å². The molecule has 1 atom stereocenters. The first kappa shape index (κ1) is 13.8. The van der Waals surface area contributed by atoms with Crippen molar-refractivity contribution >= 4 is 11.8 Å². The highest BCUT2D eigenvalue weighted by molar-refractivity contribution is 5.93. The molecule has 0 radical (unpaired) electrons. The topological polar surface area (TPSA) is 76.2 Å². The highest BCUT2D eigenvalue weighted by Crippen LogP contribution is 2.19. The second kappa shape index (κ2) is 5.33. The minimum Gasteiger partial charge on any atom is -0.338 e. The van der Waals surface area contributed by atoms with E-state index in [9.17, 15) is 4.79 Å². The first-order chi connectivity index (χ1) is 10.0. The molecule has 21 heavy (non-hydrogen) atoms. The number of fused-ring (bicyclic) bond motifs is 1. The summed E-state index contributed by atoms with van der Waals surface area (Å²) in [5.74, 6) is 0.297. The molecule has 0 bridgehead atoms. The smallest absolute Gasteiger partial charge is 0.243 e. The molecule has 1 aliphatic rings. The number of imidazole rings is 1. The Labute approximate surface area is 122 Å². The van der Waals surface area contributed by atoms with Gasteiger partial charge in [-0.2, -0.15) is 0 Å². The van der Waals surface area contributed by atoms with Gasteiger partial charge in [-0.3, -0.25) is 15.0 Å². The number of aromatic nitrogens is 3. The lowest BCUT2D eigenvalue weighted by atomic mass is 10.1. The van der Waals surface area contributed by atoms with Gasteiger partial charge in [0.25, 0.3) is 0 Å². The zero-order valence-corrected chi connectivity index (χ0v) is 12.5. The van der Waals surface area contributed by atoms with E-state index >= 15 is 0 Å². The highest BCUT2D eigenvalue weighted by Gasteiger charge is 2.27. The van der Waals surface area contributed by atoms with Crippen LogP contribution >= 0.6 is 0 Å². The molecular formula is C14H19N5O2. The zero-order chi connectivity index (χ0) is 15.0. The van der Waals surface area contributed by atoms with Crippen LogP contribution in [0.25, 0.3) is 0 Å². The fourth-order valence-corrected chi connectivity index (χ4v) is 2.62. The lowest BCUT2D eigenvalue weighted by Gasteiger charge is -2.30. The number of anilines is 1. The molecule has 0 spiro atoms. The molecule has 112 valence electrons. The molecule has 0 aliphatic carbocycles. The number of hydrogen-bond donors (Lipinski definition) is 1. The molecule has 2 aromatic heterocycles. The van der Waals surface area contributed by atoms with Gasteiger partial charge in [0.2, 0.25) is 11.8 Å². The normalized spacial score (nSPS) is 16.5. The molecule has 7 heteroatoms. The molecule has 1 amide bonds. The maximum atomic E-state index is 12.3. The van der Waals surface area contributed by atoms with Crippen molar-refractivity contribution in [1.82, 2.24) is 19.6 Å². The summed E-state index contributed by atoms with van der Waals surface area (Å²) in [7, 11) is 2.00. The Balaban J connectivity index is 1.65. The first-order valence-electron chi connectivity index (χ1n) is 7.02. The number of amides is 1. The molecule has 2 aromatic rings. The van der Waals surface area contributed by atoms with Gasteiger partial charge in [0.15, 0.2) is 0 Å². The summed E-state index contributed by atoms with van der Waals surface area (Å²) in [5.41, 5.74) is 3.05. The minimum absolute atomic E-state index is 0.0921. The van der Waals surface area contributed by atoms with Gasteiger partial charge < -0.3 is 9.09 Å². The zero-order valence-electron chi connectivity index (χ0n) is 12.5. The Hall–Kier alpha value is -2.15. The van der Waals surface area contributed by atoms with Gasteiger partial charge in [-0.05, 0) is 13.8 Å². The lowest BCUT2D eigenvalue weighted by molar-refractivity contribution is -0.121. The van der Waals surface area contributed by atoms with Crippen LogP contribution in [0.3, 0.4) is 0 Å². The van der Waals surface area contributed by atoms with E-state index in [1.165, 1.54) is 5.69 Å². The quantitative estimate of drug-likeness (QED) is 0.915. The van der Waals surface area contributed by atoms with Gasteiger partial charge >= 0.3 is 0 Å². The molecule has 0 aromatic carbocycles. The van der Waals surface area contributed by atoms with E-state index in [4.69, 9.17) is 4.52 Å². The first-order valence-corrected chi connectivity index (χ1v) is 7.02. The second-order valence-corrected chi connectivity index (χ2v) is 5.47. The van der Waals surface area contributed by atoms with Crippen molar-refractivity contribution in [2.24, 2.45) is 7.05 Å². The third kappa shape index (κ3) is 2.69. The summed E-state index contributed by atoms with van der Waals surface area (Å²) in [6, 6.07) is 1.46. The fourth-order valence-electron chi connectivity index (χ4n) is 2.62. The molecule has 1 N–H and O–H groups in total. The van der Waals surface area contributed by atoms with Crippen LogP contribution in [-0.2, 0) is 24.8 Å². The maximum Gasteiger partial charge on any atom is 0.243 e. The van der Waals surface area contributed by atoms with Crippen LogP contribution in [0.5, 0.6) is 0 Å². The fraction of sp³-hybridized carbons (Fsp3) is 0.500. The monoisotopic (exact) mass is 289 g/mol. The Morgan fingerprint density at radius 3 is 3.05 bits per heavy atom. The van der Waals surface area contributed by atoms with E-state index in [1.807, 2.05) is 27.2 Å². The molecule has 7 nitrogen and oxygen atoms in total. The third-order valence-corrected chi connectivity index (χ3v) is 3.94. The van der Waals surface area contributed by atoms with Gasteiger partial charge in [-0.25, -0.2) is 4.98 Å².